The Kier molecular flexibility index (Phi) is 8.33. The van der Waals surface area contributed by atoms with E-state index in [1.807, 2.05) is 19.1 Å². The maximum Gasteiger partial charge on any atom is 0.199 e. The first-order valence-electron chi connectivity index (χ1n) is 10.1. The predicted molar refractivity (Wildman–Crippen MR) is 111 cm³/mol. The Bertz CT molecular complexity index is 703. The molecule has 0 aliphatic rings. The van der Waals surface area contributed by atoms with E-state index in [0.717, 1.165) is 24.8 Å². The molecule has 0 fully saturated rings. The molecule has 2 atom stereocenters. The van der Waals surface area contributed by atoms with Crippen LogP contribution in [0.3, 0.4) is 0 Å². The number of benzene rings is 2. The summed E-state index contributed by atoms with van der Waals surface area (Å²) in [4.78, 5) is 0. The van der Waals surface area contributed by atoms with Crippen LogP contribution in [0.1, 0.15) is 67.3 Å². The lowest BCUT2D eigenvalue weighted by Gasteiger charge is -2.21. The van der Waals surface area contributed by atoms with Crippen molar-refractivity contribution in [2.75, 3.05) is 6.61 Å². The van der Waals surface area contributed by atoms with Crippen LogP contribution in [0.2, 0.25) is 0 Å². The van der Waals surface area contributed by atoms with Crippen LogP contribution in [-0.4, -0.2) is 18.0 Å². The van der Waals surface area contributed by atoms with E-state index in [9.17, 15) is 5.11 Å². The largest absolute Gasteiger partial charge is 0.465 e. The first-order chi connectivity index (χ1) is 13.0. The highest BCUT2D eigenvalue weighted by Crippen LogP contribution is 2.27. The molecule has 27 heavy (non-hydrogen) atoms. The minimum atomic E-state index is -0.310. The monoisotopic (exact) mass is 370 g/mol. The second kappa shape index (κ2) is 10.5. The van der Waals surface area contributed by atoms with Gasteiger partial charge in [-0.3, -0.25) is 0 Å². The van der Waals surface area contributed by atoms with Crippen LogP contribution in [-0.2, 0) is 17.8 Å². The molecule has 0 aliphatic carbocycles. The summed E-state index contributed by atoms with van der Waals surface area (Å²) in [5.41, 5.74) is 5.91. The molecular weight excluding hydrogens is 336 g/mol. The Morgan fingerprint density at radius 1 is 0.963 bits per heavy atom. The maximum absolute atomic E-state index is 9.74. The quantitative estimate of drug-likeness (QED) is 0.547. The summed E-state index contributed by atoms with van der Waals surface area (Å²) >= 11 is 0. The molecule has 2 rings (SSSR count). The highest BCUT2D eigenvalue weighted by atomic mass is 16.7. The van der Waals surface area contributed by atoms with E-state index in [-0.39, 0.29) is 12.9 Å². The zero-order valence-electron chi connectivity index (χ0n) is 17.4. The third-order valence-corrected chi connectivity index (χ3v) is 5.00. The second-order valence-corrected chi connectivity index (χ2v) is 7.41. The van der Waals surface area contributed by atoms with Crippen molar-refractivity contribution in [3.63, 3.8) is 0 Å². The van der Waals surface area contributed by atoms with Gasteiger partial charge in [-0.15, -0.1) is 0 Å². The van der Waals surface area contributed by atoms with Gasteiger partial charge in [-0.05, 0) is 55.9 Å². The van der Waals surface area contributed by atoms with Crippen molar-refractivity contribution in [1.82, 2.24) is 0 Å². The van der Waals surface area contributed by atoms with E-state index >= 15 is 0 Å². The summed E-state index contributed by atoms with van der Waals surface area (Å²) in [5, 5.41) is 9.74. The van der Waals surface area contributed by atoms with E-state index in [0.29, 0.717) is 18.3 Å². The first-order valence-corrected chi connectivity index (χ1v) is 10.1. The maximum atomic E-state index is 9.74. The molecule has 0 saturated heterocycles. The highest BCUT2D eigenvalue weighted by molar-refractivity contribution is 5.38. The van der Waals surface area contributed by atoms with E-state index in [4.69, 9.17) is 9.47 Å². The van der Waals surface area contributed by atoms with Crippen molar-refractivity contribution in [3.05, 3.63) is 64.2 Å². The summed E-state index contributed by atoms with van der Waals surface area (Å²) in [7, 11) is 0. The van der Waals surface area contributed by atoms with Crippen LogP contribution in [0.25, 0.3) is 0 Å². The predicted octanol–water partition coefficient (Wildman–Crippen LogP) is 5.68. The molecule has 3 heteroatoms. The molecule has 2 unspecified atom stereocenters. The van der Waals surface area contributed by atoms with Crippen LogP contribution in [0.5, 0.6) is 5.75 Å². The number of aryl methyl sites for hydroxylation is 2. The number of aliphatic hydroxyl groups excluding tert-OH is 1. The summed E-state index contributed by atoms with van der Waals surface area (Å²) in [6, 6.07) is 12.7. The zero-order valence-corrected chi connectivity index (χ0v) is 17.4. The smallest absolute Gasteiger partial charge is 0.199 e. The molecule has 0 saturated carbocycles. The fourth-order valence-corrected chi connectivity index (χ4v) is 3.28. The van der Waals surface area contributed by atoms with E-state index in [1.54, 1.807) is 0 Å². The normalized spacial score (nSPS) is 13.4. The molecule has 0 bridgehead atoms. The molecule has 0 spiro atoms. The molecular formula is C24H34O3. The van der Waals surface area contributed by atoms with Gasteiger partial charge in [0.05, 0.1) is 13.2 Å². The summed E-state index contributed by atoms with van der Waals surface area (Å²) < 4.78 is 12.0. The third kappa shape index (κ3) is 6.37. The van der Waals surface area contributed by atoms with Gasteiger partial charge in [0, 0.05) is 12.0 Å². The Morgan fingerprint density at radius 3 is 2.26 bits per heavy atom. The van der Waals surface area contributed by atoms with Crippen LogP contribution in [0.15, 0.2) is 36.4 Å². The summed E-state index contributed by atoms with van der Waals surface area (Å²) in [6.45, 7) is 11.2. The van der Waals surface area contributed by atoms with Crippen LogP contribution >= 0.6 is 0 Å². The average Bonchev–Trinajstić information content (AvgIpc) is 2.65. The minimum Gasteiger partial charge on any atom is -0.465 e. The molecule has 2 aromatic carbocycles. The van der Waals surface area contributed by atoms with Crippen molar-refractivity contribution < 1.29 is 14.6 Å². The standard InChI is InChI=1S/C24H34O3/c1-6-19(5)21-8-9-23(22(15-21)16-25)27-24(7-2)26-11-10-20-13-17(3)12-18(4)14-20/h8-9,12-15,19,24-25H,6-7,10-11,16H2,1-5H3. The van der Waals surface area contributed by atoms with Gasteiger partial charge >= 0.3 is 0 Å². The van der Waals surface area contributed by atoms with Crippen LogP contribution < -0.4 is 4.74 Å². The molecule has 0 heterocycles. The van der Waals surface area contributed by atoms with Crippen molar-refractivity contribution >= 4 is 0 Å². The molecule has 1 N–H and O–H groups in total. The summed E-state index contributed by atoms with van der Waals surface area (Å²) in [6.07, 6.45) is 2.38. The van der Waals surface area contributed by atoms with Crippen molar-refractivity contribution in [2.24, 2.45) is 0 Å². The van der Waals surface area contributed by atoms with Crippen molar-refractivity contribution in [2.45, 2.75) is 72.7 Å². The van der Waals surface area contributed by atoms with Gasteiger partial charge in [-0.25, -0.2) is 0 Å². The molecule has 3 nitrogen and oxygen atoms in total. The van der Waals surface area contributed by atoms with E-state index in [1.165, 1.54) is 22.3 Å². The highest BCUT2D eigenvalue weighted by Gasteiger charge is 2.13. The minimum absolute atomic E-state index is 0.0292. The fraction of sp³-hybridized carbons (Fsp3) is 0.500. The molecule has 0 amide bonds. The molecule has 2 aromatic rings. The lowest BCUT2D eigenvalue weighted by molar-refractivity contribution is -0.0812. The number of hydrogen-bond donors (Lipinski definition) is 1. The number of ether oxygens (including phenoxy) is 2. The van der Waals surface area contributed by atoms with Gasteiger partial charge in [0.25, 0.3) is 0 Å². The Morgan fingerprint density at radius 2 is 1.67 bits per heavy atom. The fourth-order valence-electron chi connectivity index (χ4n) is 3.28. The van der Waals surface area contributed by atoms with Gasteiger partial charge in [-0.1, -0.05) is 56.2 Å². The Labute approximate surface area is 164 Å². The molecule has 148 valence electrons. The van der Waals surface area contributed by atoms with Crippen LogP contribution in [0, 0.1) is 13.8 Å². The van der Waals surface area contributed by atoms with E-state index < -0.39 is 0 Å². The van der Waals surface area contributed by atoms with Crippen molar-refractivity contribution in [3.8, 4) is 5.75 Å². The van der Waals surface area contributed by atoms with Crippen LogP contribution in [0.4, 0.5) is 0 Å². The second-order valence-electron chi connectivity index (χ2n) is 7.41. The van der Waals surface area contributed by atoms with Crippen molar-refractivity contribution in [1.29, 1.82) is 0 Å². The van der Waals surface area contributed by atoms with Gasteiger partial charge in [0.1, 0.15) is 5.75 Å². The molecule has 0 aliphatic heterocycles. The first kappa shape index (κ1) is 21.5. The number of aliphatic hydroxyl groups is 1. The number of hydrogen-bond acceptors (Lipinski definition) is 3. The Balaban J connectivity index is 1.97. The SMILES string of the molecule is CCC(OCCc1cc(C)cc(C)c1)Oc1ccc(C(C)CC)cc1CO. The van der Waals surface area contributed by atoms with E-state index in [2.05, 4.69) is 52.0 Å². The topological polar surface area (TPSA) is 38.7 Å². The zero-order chi connectivity index (χ0) is 19.8. The summed E-state index contributed by atoms with van der Waals surface area (Å²) in [5.74, 6) is 1.18. The van der Waals surface area contributed by atoms with Gasteiger partial charge in [0.15, 0.2) is 6.29 Å². The van der Waals surface area contributed by atoms with Gasteiger partial charge < -0.3 is 14.6 Å². The molecule has 0 radical (unpaired) electrons. The van der Waals surface area contributed by atoms with Gasteiger partial charge in [-0.2, -0.15) is 0 Å². The average molecular weight is 371 g/mol. The third-order valence-electron chi connectivity index (χ3n) is 5.00. The lowest BCUT2D eigenvalue weighted by Crippen LogP contribution is -2.21. The number of rotatable bonds is 10. The lowest BCUT2D eigenvalue weighted by atomic mass is 9.96. The Hall–Kier alpha value is -1.84. The molecule has 0 aromatic heterocycles. The van der Waals surface area contributed by atoms with Gasteiger partial charge in [0.2, 0.25) is 0 Å².